The molecule has 0 saturated heterocycles. The zero-order valence-corrected chi connectivity index (χ0v) is 23.7. The Labute approximate surface area is 243 Å². The van der Waals surface area contributed by atoms with Crippen LogP contribution in [0.5, 0.6) is 0 Å². The molecule has 1 N–H and O–H groups in total. The number of rotatable bonds is 2. The normalized spacial score (nSPS) is 17.7. The average Bonchev–Trinajstić information content (AvgIpc) is 3.01. The van der Waals surface area contributed by atoms with Crippen LogP contribution >= 0.6 is 23.5 Å². The minimum atomic E-state index is -0.397. The summed E-state index contributed by atoms with van der Waals surface area (Å²) in [4.78, 5) is 12.0. The van der Waals surface area contributed by atoms with Gasteiger partial charge in [-0.3, -0.25) is 4.99 Å². The molecule has 3 nitrogen and oxygen atoms in total. The highest BCUT2D eigenvalue weighted by atomic mass is 32.2. The monoisotopic (exact) mass is 553 g/mol. The van der Waals surface area contributed by atoms with Gasteiger partial charge in [-0.2, -0.15) is 0 Å². The molecule has 40 heavy (non-hydrogen) atoms. The smallest absolute Gasteiger partial charge is 0.109 e. The maximum Gasteiger partial charge on any atom is 0.109 e. The van der Waals surface area contributed by atoms with E-state index in [2.05, 4.69) is 132 Å². The van der Waals surface area contributed by atoms with Gasteiger partial charge in [-0.25, -0.2) is 0 Å². The zero-order chi connectivity index (χ0) is 26.7. The van der Waals surface area contributed by atoms with Gasteiger partial charge < -0.3 is 10.2 Å². The van der Waals surface area contributed by atoms with Gasteiger partial charge in [-0.1, -0.05) is 96.3 Å². The first-order valence-electron chi connectivity index (χ1n) is 13.6. The molecule has 194 valence electrons. The predicted octanol–water partition coefficient (Wildman–Crippen LogP) is 7.81. The molecule has 0 aliphatic carbocycles. The van der Waals surface area contributed by atoms with Crippen LogP contribution in [-0.4, -0.2) is 31.4 Å². The summed E-state index contributed by atoms with van der Waals surface area (Å²) in [6.07, 6.45) is 10.7. The number of hydrogen-bond donors (Lipinski definition) is 1. The number of fused-ring (bicyclic) bond motifs is 8. The number of benzene rings is 4. The van der Waals surface area contributed by atoms with E-state index in [1.807, 2.05) is 29.7 Å². The molecule has 0 unspecified atom stereocenters. The van der Waals surface area contributed by atoms with Crippen LogP contribution in [0.1, 0.15) is 33.4 Å². The molecule has 4 aliphatic rings. The van der Waals surface area contributed by atoms with E-state index in [4.69, 9.17) is 0 Å². The van der Waals surface area contributed by atoms with Crippen LogP contribution < -0.4 is 5.32 Å². The van der Waals surface area contributed by atoms with Crippen LogP contribution in [0.25, 0.3) is 11.3 Å². The Hall–Kier alpha value is -3.93. The van der Waals surface area contributed by atoms with Crippen molar-refractivity contribution in [1.82, 2.24) is 10.2 Å². The maximum atomic E-state index is 4.57. The van der Waals surface area contributed by atoms with Crippen molar-refractivity contribution in [1.29, 1.82) is 0 Å². The number of hydrogen-bond acceptors (Lipinski definition) is 5. The molecule has 4 heterocycles. The fourth-order valence-electron chi connectivity index (χ4n) is 6.41. The van der Waals surface area contributed by atoms with E-state index in [0.29, 0.717) is 6.67 Å². The molecule has 0 atom stereocenters. The highest BCUT2D eigenvalue weighted by Gasteiger charge is 2.48. The summed E-state index contributed by atoms with van der Waals surface area (Å²) in [7, 11) is 2.08. The first-order valence-corrected chi connectivity index (χ1v) is 15.2. The Morgan fingerprint density at radius 2 is 1.38 bits per heavy atom. The molecule has 0 fully saturated rings. The van der Waals surface area contributed by atoms with Crippen molar-refractivity contribution in [3.05, 3.63) is 143 Å². The summed E-state index contributed by atoms with van der Waals surface area (Å²) in [6, 6.07) is 32.1. The molecule has 0 amide bonds. The van der Waals surface area contributed by atoms with Crippen molar-refractivity contribution in [2.24, 2.45) is 4.99 Å². The number of nitrogens with one attached hydrogen (secondary N) is 1. The predicted molar refractivity (Wildman–Crippen MR) is 167 cm³/mol. The standard InChI is InChI=1S/C35H27N3S2/c1-38-21-25(20-36-22-38)23-13-15-28-33(18-23)40-34-19-24(30-10-6-7-17-37-30)14-16-29(34)35(28)26-8-2-4-11-31(26)39-32-12-5-3-9-27(32)35/h2-16,18-21,37H,17,22H2,1H3. The van der Waals surface area contributed by atoms with Gasteiger partial charge in [0.2, 0.25) is 0 Å². The Kier molecular flexibility index (Phi) is 5.58. The van der Waals surface area contributed by atoms with E-state index in [1.165, 1.54) is 58.7 Å². The van der Waals surface area contributed by atoms with Crippen LogP contribution in [0.3, 0.4) is 0 Å². The van der Waals surface area contributed by atoms with Crippen LogP contribution in [0.15, 0.2) is 134 Å². The van der Waals surface area contributed by atoms with Crippen molar-refractivity contribution in [2.75, 3.05) is 20.3 Å². The third-order valence-corrected chi connectivity index (χ3v) is 10.4. The first-order chi connectivity index (χ1) is 19.7. The molecule has 4 aliphatic heterocycles. The van der Waals surface area contributed by atoms with E-state index in [1.54, 1.807) is 0 Å². The van der Waals surface area contributed by atoms with E-state index in [0.717, 1.165) is 12.1 Å². The topological polar surface area (TPSA) is 27.6 Å². The van der Waals surface area contributed by atoms with Crippen molar-refractivity contribution in [2.45, 2.75) is 25.0 Å². The number of aliphatic imine (C=N–C) groups is 1. The van der Waals surface area contributed by atoms with E-state index >= 15 is 0 Å². The molecule has 8 rings (SSSR count). The van der Waals surface area contributed by atoms with Gasteiger partial charge in [0.05, 0.1) is 5.41 Å². The summed E-state index contributed by atoms with van der Waals surface area (Å²) in [5.41, 5.74) is 9.77. The SMILES string of the molecule is CN1C=C(c2ccc3c(c2)Sc2cc(C4=CC=CCN4)ccc2C32c3ccccc3Sc3ccccc32)C=NC1. The lowest BCUT2D eigenvalue weighted by atomic mass is 9.64. The minimum Gasteiger partial charge on any atom is -0.381 e. The second-order valence-corrected chi connectivity index (χ2v) is 12.7. The molecular formula is C35H27N3S2. The van der Waals surface area contributed by atoms with Gasteiger partial charge in [-0.05, 0) is 63.7 Å². The van der Waals surface area contributed by atoms with Crippen LogP contribution in [0, 0.1) is 0 Å². The average molecular weight is 554 g/mol. The molecule has 0 bridgehead atoms. The largest absolute Gasteiger partial charge is 0.381 e. The summed E-state index contributed by atoms with van der Waals surface area (Å²) < 4.78 is 0. The Balaban J connectivity index is 1.43. The van der Waals surface area contributed by atoms with Crippen LogP contribution in [0.2, 0.25) is 0 Å². The highest BCUT2D eigenvalue weighted by molar-refractivity contribution is 8.00. The molecule has 1 spiro atoms. The third-order valence-electron chi connectivity index (χ3n) is 8.14. The molecule has 5 heteroatoms. The van der Waals surface area contributed by atoms with Gasteiger partial charge in [0.15, 0.2) is 0 Å². The first kappa shape index (κ1) is 23.9. The van der Waals surface area contributed by atoms with Gasteiger partial charge >= 0.3 is 0 Å². The second-order valence-electron chi connectivity index (χ2n) is 10.6. The molecular weight excluding hydrogens is 527 g/mol. The molecule has 4 aromatic rings. The molecule has 4 aromatic carbocycles. The molecule has 0 radical (unpaired) electrons. The Bertz CT molecular complexity index is 1770. The Morgan fingerprint density at radius 3 is 2.05 bits per heavy atom. The lowest BCUT2D eigenvalue weighted by molar-refractivity contribution is 0.472. The van der Waals surface area contributed by atoms with Crippen LogP contribution in [-0.2, 0) is 5.41 Å². The summed E-state index contributed by atoms with van der Waals surface area (Å²) in [6.45, 7) is 1.56. The molecule has 0 aromatic heterocycles. The highest BCUT2D eigenvalue weighted by Crippen LogP contribution is 2.61. The fourth-order valence-corrected chi connectivity index (χ4v) is 8.87. The van der Waals surface area contributed by atoms with Gasteiger partial charge in [0.1, 0.15) is 6.67 Å². The van der Waals surface area contributed by atoms with Gasteiger partial charge in [0, 0.05) is 56.9 Å². The number of allylic oxidation sites excluding steroid dienone is 3. The van der Waals surface area contributed by atoms with E-state index < -0.39 is 5.41 Å². The lowest BCUT2D eigenvalue weighted by Gasteiger charge is -2.45. The summed E-state index contributed by atoms with van der Waals surface area (Å²) in [5.74, 6) is 0. The van der Waals surface area contributed by atoms with Gasteiger partial charge in [0.25, 0.3) is 0 Å². The maximum absolute atomic E-state index is 4.57. The van der Waals surface area contributed by atoms with Crippen LogP contribution in [0.4, 0.5) is 0 Å². The number of nitrogens with zero attached hydrogens (tertiary/aromatic N) is 2. The third kappa shape index (κ3) is 3.58. The minimum absolute atomic E-state index is 0.397. The lowest BCUT2D eigenvalue weighted by Crippen LogP contribution is -2.36. The number of dihydropyridines is 1. The Morgan fingerprint density at radius 1 is 0.750 bits per heavy atom. The second kappa shape index (κ2) is 9.33. The van der Waals surface area contributed by atoms with Crippen molar-refractivity contribution in [3.63, 3.8) is 0 Å². The molecule has 0 saturated carbocycles. The summed E-state index contributed by atoms with van der Waals surface area (Å²) in [5, 5.41) is 3.55. The fraction of sp³-hybridized carbons (Fsp3) is 0.114. The van der Waals surface area contributed by atoms with Crippen molar-refractivity contribution in [3.8, 4) is 0 Å². The van der Waals surface area contributed by atoms with Crippen molar-refractivity contribution < 1.29 is 0 Å². The van der Waals surface area contributed by atoms with E-state index in [-0.39, 0.29) is 0 Å². The zero-order valence-electron chi connectivity index (χ0n) is 22.1. The summed E-state index contributed by atoms with van der Waals surface area (Å²) >= 11 is 3.78. The quantitative estimate of drug-likeness (QED) is 0.237. The van der Waals surface area contributed by atoms with E-state index in [9.17, 15) is 0 Å². The van der Waals surface area contributed by atoms with Gasteiger partial charge in [-0.15, -0.1) is 0 Å². The van der Waals surface area contributed by atoms with Crippen molar-refractivity contribution >= 4 is 41.0 Å².